The summed E-state index contributed by atoms with van der Waals surface area (Å²) >= 11 is 1.57. The fraction of sp³-hybridized carbons (Fsp3) is 0.467. The maximum absolute atomic E-state index is 11.9. The second-order valence-corrected chi connectivity index (χ2v) is 6.48. The molecule has 0 radical (unpaired) electrons. The van der Waals surface area contributed by atoms with E-state index in [2.05, 4.69) is 18.0 Å². The summed E-state index contributed by atoms with van der Waals surface area (Å²) < 4.78 is 10.5. The molecule has 0 atom stereocenters. The Hall–Kier alpha value is -1.62. The van der Waals surface area contributed by atoms with Crippen LogP contribution in [0.3, 0.4) is 0 Å². The van der Waals surface area contributed by atoms with Gasteiger partial charge in [-0.2, -0.15) is 0 Å². The van der Waals surface area contributed by atoms with Crippen LogP contribution in [0.15, 0.2) is 15.9 Å². The third-order valence-corrected chi connectivity index (χ3v) is 3.97. The number of thiophene rings is 1. The number of rotatable bonds is 3. The highest BCUT2D eigenvalue weighted by Gasteiger charge is 2.30. The molecule has 0 aromatic carbocycles. The molecule has 4 nitrogen and oxygen atoms in total. The molecular formula is C15H19NO3S. The van der Waals surface area contributed by atoms with E-state index in [0.717, 1.165) is 11.3 Å². The molecule has 0 aliphatic rings. The molecule has 0 aliphatic heterocycles. The van der Waals surface area contributed by atoms with Gasteiger partial charge in [0, 0.05) is 5.41 Å². The summed E-state index contributed by atoms with van der Waals surface area (Å²) in [5.74, 6) is 0.218. The highest BCUT2D eigenvalue weighted by atomic mass is 32.1. The second kappa shape index (κ2) is 5.40. The molecule has 0 aliphatic carbocycles. The summed E-state index contributed by atoms with van der Waals surface area (Å²) in [7, 11) is 1.35. The number of hydrogen-bond donors (Lipinski definition) is 0. The first-order valence-corrected chi connectivity index (χ1v) is 7.42. The van der Waals surface area contributed by atoms with Gasteiger partial charge in [0.25, 0.3) is 0 Å². The van der Waals surface area contributed by atoms with Crippen molar-refractivity contribution in [1.29, 1.82) is 0 Å². The minimum atomic E-state index is -0.483. The van der Waals surface area contributed by atoms with Crippen molar-refractivity contribution in [3.63, 3.8) is 0 Å². The van der Waals surface area contributed by atoms with Crippen molar-refractivity contribution in [3.8, 4) is 10.8 Å². The Morgan fingerprint density at radius 2 is 2.15 bits per heavy atom. The lowest BCUT2D eigenvalue weighted by Gasteiger charge is -2.15. The predicted molar refractivity (Wildman–Crippen MR) is 79.2 cm³/mol. The van der Waals surface area contributed by atoms with Gasteiger partial charge in [0.05, 0.1) is 12.0 Å². The lowest BCUT2D eigenvalue weighted by atomic mass is 9.91. The van der Waals surface area contributed by atoms with Gasteiger partial charge in [-0.1, -0.05) is 27.7 Å². The van der Waals surface area contributed by atoms with E-state index in [0.29, 0.717) is 11.6 Å². The van der Waals surface area contributed by atoms with E-state index in [1.807, 2.05) is 26.2 Å². The predicted octanol–water partition coefficient (Wildman–Crippen LogP) is 4.05. The number of ether oxygens (including phenoxy) is 1. The van der Waals surface area contributed by atoms with E-state index in [-0.39, 0.29) is 11.2 Å². The van der Waals surface area contributed by atoms with Gasteiger partial charge in [-0.25, -0.2) is 9.78 Å². The Balaban J connectivity index is 2.58. The van der Waals surface area contributed by atoms with Crippen LogP contribution in [0, 0.1) is 0 Å². The molecule has 0 saturated carbocycles. The van der Waals surface area contributed by atoms with Gasteiger partial charge in [0.1, 0.15) is 5.69 Å². The van der Waals surface area contributed by atoms with Crippen molar-refractivity contribution in [2.45, 2.75) is 39.5 Å². The Kier molecular flexibility index (Phi) is 3.99. The van der Waals surface area contributed by atoms with Gasteiger partial charge in [0.2, 0.25) is 11.7 Å². The van der Waals surface area contributed by atoms with Gasteiger partial charge in [-0.15, -0.1) is 11.3 Å². The van der Waals surface area contributed by atoms with E-state index in [4.69, 9.17) is 9.15 Å². The van der Waals surface area contributed by atoms with Gasteiger partial charge >= 0.3 is 5.97 Å². The smallest absolute Gasteiger partial charge is 0.376 e. The highest BCUT2D eigenvalue weighted by molar-refractivity contribution is 7.13. The molecule has 0 amide bonds. The first-order chi connectivity index (χ1) is 9.38. The quantitative estimate of drug-likeness (QED) is 0.801. The molecule has 20 heavy (non-hydrogen) atoms. The van der Waals surface area contributed by atoms with Crippen LogP contribution in [-0.2, 0) is 16.6 Å². The monoisotopic (exact) mass is 293 g/mol. The van der Waals surface area contributed by atoms with Gasteiger partial charge in [-0.3, -0.25) is 0 Å². The van der Waals surface area contributed by atoms with Crippen molar-refractivity contribution in [3.05, 3.63) is 28.5 Å². The number of nitrogens with zero attached hydrogens (tertiary/aromatic N) is 1. The van der Waals surface area contributed by atoms with Gasteiger partial charge < -0.3 is 9.15 Å². The molecule has 2 heterocycles. The van der Waals surface area contributed by atoms with Crippen molar-refractivity contribution >= 4 is 17.3 Å². The van der Waals surface area contributed by atoms with Crippen LogP contribution in [0.4, 0.5) is 0 Å². The number of hydrogen-bond acceptors (Lipinski definition) is 5. The topological polar surface area (TPSA) is 52.3 Å². The van der Waals surface area contributed by atoms with Crippen molar-refractivity contribution < 1.29 is 13.9 Å². The lowest BCUT2D eigenvalue weighted by molar-refractivity contribution is 0.0562. The average molecular weight is 293 g/mol. The first-order valence-electron chi connectivity index (χ1n) is 6.54. The van der Waals surface area contributed by atoms with Crippen LogP contribution < -0.4 is 0 Å². The normalized spacial score (nSPS) is 11.7. The number of carbonyl (C=O) groups is 1. The van der Waals surface area contributed by atoms with Crippen molar-refractivity contribution in [2.24, 2.45) is 0 Å². The SMILES string of the molecule is CCc1ccsc1-c1nc(C(C)(C)C)c(C(=O)OC)o1. The van der Waals surface area contributed by atoms with Crippen LogP contribution in [0.1, 0.15) is 49.5 Å². The Morgan fingerprint density at radius 1 is 1.45 bits per heavy atom. The van der Waals surface area contributed by atoms with Gasteiger partial charge in [-0.05, 0) is 23.4 Å². The summed E-state index contributed by atoms with van der Waals surface area (Å²) in [6.45, 7) is 8.07. The summed E-state index contributed by atoms with van der Waals surface area (Å²) in [6.07, 6.45) is 0.902. The van der Waals surface area contributed by atoms with Crippen LogP contribution >= 0.6 is 11.3 Å². The molecule has 0 N–H and O–H groups in total. The number of aryl methyl sites for hydroxylation is 1. The minimum Gasteiger partial charge on any atom is -0.463 e. The van der Waals surface area contributed by atoms with E-state index in [1.165, 1.54) is 12.7 Å². The molecule has 0 saturated heterocycles. The largest absolute Gasteiger partial charge is 0.463 e. The van der Waals surface area contributed by atoms with E-state index >= 15 is 0 Å². The molecule has 0 spiro atoms. The molecule has 0 unspecified atom stereocenters. The lowest BCUT2D eigenvalue weighted by Crippen LogP contribution is -2.17. The van der Waals surface area contributed by atoms with E-state index in [1.54, 1.807) is 11.3 Å². The van der Waals surface area contributed by atoms with Crippen molar-refractivity contribution in [2.75, 3.05) is 7.11 Å². The summed E-state index contributed by atoms with van der Waals surface area (Å²) in [4.78, 5) is 17.4. The van der Waals surface area contributed by atoms with E-state index in [9.17, 15) is 4.79 Å². The van der Waals surface area contributed by atoms with Crippen molar-refractivity contribution in [1.82, 2.24) is 4.98 Å². The minimum absolute atomic E-state index is 0.199. The number of carbonyl (C=O) groups excluding carboxylic acids is 1. The first kappa shape index (κ1) is 14.8. The summed E-state index contributed by atoms with van der Waals surface area (Å²) in [5, 5.41) is 2.01. The highest BCUT2D eigenvalue weighted by Crippen LogP contribution is 2.34. The van der Waals surface area contributed by atoms with Gasteiger partial charge in [0.15, 0.2) is 0 Å². The molecule has 5 heteroatoms. The maximum atomic E-state index is 11.9. The number of oxazole rings is 1. The molecule has 2 rings (SSSR count). The maximum Gasteiger partial charge on any atom is 0.376 e. The second-order valence-electron chi connectivity index (χ2n) is 5.57. The third-order valence-electron chi connectivity index (χ3n) is 3.03. The summed E-state index contributed by atoms with van der Waals surface area (Å²) in [6, 6.07) is 2.05. The van der Waals surface area contributed by atoms with Crippen LogP contribution in [0.2, 0.25) is 0 Å². The molecule has 108 valence electrons. The average Bonchev–Trinajstić information content (AvgIpc) is 3.02. The summed E-state index contributed by atoms with van der Waals surface area (Å²) in [5.41, 5.74) is 1.53. The van der Waals surface area contributed by atoms with Crippen LogP contribution in [0.25, 0.3) is 10.8 Å². The molecular weight excluding hydrogens is 274 g/mol. The number of esters is 1. The van der Waals surface area contributed by atoms with Crippen LogP contribution in [-0.4, -0.2) is 18.1 Å². The van der Waals surface area contributed by atoms with Crippen LogP contribution in [0.5, 0.6) is 0 Å². The fourth-order valence-corrected chi connectivity index (χ4v) is 2.88. The fourth-order valence-electron chi connectivity index (χ4n) is 1.96. The number of methoxy groups -OCH3 is 1. The third kappa shape index (κ3) is 2.63. The zero-order valence-corrected chi connectivity index (χ0v) is 13.3. The Bertz CT molecular complexity index is 619. The molecule has 0 fully saturated rings. The molecule has 2 aromatic rings. The molecule has 2 aromatic heterocycles. The van der Waals surface area contributed by atoms with E-state index < -0.39 is 5.97 Å². The molecule has 0 bridgehead atoms. The standard InChI is InChI=1S/C15H19NO3S/c1-6-9-7-8-20-11(9)13-16-12(15(2,3)4)10(19-13)14(17)18-5/h7-8H,6H2,1-5H3. The zero-order chi connectivity index (χ0) is 14.9. The number of aromatic nitrogens is 1. The Morgan fingerprint density at radius 3 is 2.70 bits per heavy atom. The zero-order valence-electron chi connectivity index (χ0n) is 12.4. The Labute approximate surface area is 122 Å².